The molecule has 0 aromatic carbocycles. The molecule has 1 aromatic rings. The van der Waals surface area contributed by atoms with Crippen molar-refractivity contribution in [1.82, 2.24) is 19.6 Å². The molecule has 0 aliphatic carbocycles. The Labute approximate surface area is 113 Å². The number of β-amino-alcohol motifs (C(OH)–C–C–N with tert-alkyl or cyclic N) is 1. The highest BCUT2D eigenvalue weighted by Gasteiger charge is 2.38. The van der Waals surface area contributed by atoms with Crippen LogP contribution in [-0.4, -0.2) is 82.8 Å². The molecule has 3 unspecified atom stereocenters. The zero-order chi connectivity index (χ0) is 13.2. The molecule has 106 valence electrons. The molecule has 6 nitrogen and oxygen atoms in total. The Kier molecular flexibility index (Phi) is 3.83. The molecule has 2 saturated heterocycles. The molecule has 19 heavy (non-hydrogen) atoms. The molecule has 2 aliphatic heterocycles. The third-order valence-electron chi connectivity index (χ3n) is 4.08. The fourth-order valence-electron chi connectivity index (χ4n) is 3.06. The van der Waals surface area contributed by atoms with E-state index in [2.05, 4.69) is 21.9 Å². The van der Waals surface area contributed by atoms with Crippen LogP contribution in [0.15, 0.2) is 18.5 Å². The van der Waals surface area contributed by atoms with Gasteiger partial charge >= 0.3 is 0 Å². The van der Waals surface area contributed by atoms with Crippen molar-refractivity contribution in [3.63, 3.8) is 0 Å². The summed E-state index contributed by atoms with van der Waals surface area (Å²) in [6, 6.07) is 2.35. The van der Waals surface area contributed by atoms with Crippen LogP contribution < -0.4 is 0 Å². The van der Waals surface area contributed by atoms with Crippen molar-refractivity contribution in [2.75, 3.05) is 39.8 Å². The van der Waals surface area contributed by atoms with Gasteiger partial charge in [-0.15, -0.1) is 0 Å². The van der Waals surface area contributed by atoms with Crippen LogP contribution in [0.1, 0.15) is 0 Å². The predicted octanol–water partition coefficient (Wildman–Crippen LogP) is -0.741. The third kappa shape index (κ3) is 2.97. The van der Waals surface area contributed by atoms with E-state index in [1.54, 1.807) is 10.9 Å². The van der Waals surface area contributed by atoms with Crippen LogP contribution in [0.4, 0.5) is 0 Å². The van der Waals surface area contributed by atoms with Crippen LogP contribution in [0.25, 0.3) is 0 Å². The quantitative estimate of drug-likeness (QED) is 0.778. The number of aliphatic hydroxyl groups excluding tert-OH is 1. The maximum atomic E-state index is 10.1. The van der Waals surface area contributed by atoms with Gasteiger partial charge in [0.2, 0.25) is 0 Å². The molecule has 0 bridgehead atoms. The molecular weight excluding hydrogens is 244 g/mol. The highest BCUT2D eigenvalue weighted by Crippen LogP contribution is 2.21. The van der Waals surface area contributed by atoms with E-state index in [0.717, 1.165) is 26.2 Å². The van der Waals surface area contributed by atoms with Gasteiger partial charge in [0.15, 0.2) is 0 Å². The number of rotatable bonds is 4. The Morgan fingerprint density at radius 2 is 2.32 bits per heavy atom. The minimum absolute atomic E-state index is 0.302. The summed E-state index contributed by atoms with van der Waals surface area (Å²) in [7, 11) is 2.16. The van der Waals surface area contributed by atoms with Gasteiger partial charge in [0.05, 0.1) is 25.4 Å². The molecule has 3 atom stereocenters. The van der Waals surface area contributed by atoms with Crippen LogP contribution in [0.2, 0.25) is 0 Å². The van der Waals surface area contributed by atoms with E-state index < -0.39 is 0 Å². The van der Waals surface area contributed by atoms with E-state index >= 15 is 0 Å². The number of morpholine rings is 1. The molecule has 0 spiro atoms. The van der Waals surface area contributed by atoms with E-state index in [9.17, 15) is 5.11 Å². The summed E-state index contributed by atoms with van der Waals surface area (Å²) in [5.41, 5.74) is 0. The van der Waals surface area contributed by atoms with Crippen molar-refractivity contribution in [3.05, 3.63) is 18.5 Å². The number of hydrogen-bond acceptors (Lipinski definition) is 5. The lowest BCUT2D eigenvalue weighted by Gasteiger charge is -2.33. The summed E-state index contributed by atoms with van der Waals surface area (Å²) in [5, 5.41) is 14.2. The number of fused-ring (bicyclic) bond motifs is 1. The Morgan fingerprint density at radius 1 is 1.42 bits per heavy atom. The molecular formula is C13H22N4O2. The maximum Gasteiger partial charge on any atom is 0.0869 e. The molecule has 2 aliphatic rings. The van der Waals surface area contributed by atoms with Crippen molar-refractivity contribution < 1.29 is 9.84 Å². The SMILES string of the molecule is CN1CCOC2CN(CC(O)Cn3cccn3)CC21. The average Bonchev–Trinajstić information content (AvgIpc) is 2.98. The van der Waals surface area contributed by atoms with E-state index in [1.165, 1.54) is 0 Å². The molecule has 3 heterocycles. The van der Waals surface area contributed by atoms with Crippen molar-refractivity contribution in [2.24, 2.45) is 0 Å². The van der Waals surface area contributed by atoms with Gasteiger partial charge in [-0.2, -0.15) is 5.10 Å². The van der Waals surface area contributed by atoms with Gasteiger partial charge in [-0.3, -0.25) is 14.5 Å². The van der Waals surface area contributed by atoms with Crippen LogP contribution in [0.5, 0.6) is 0 Å². The first kappa shape index (κ1) is 13.1. The topological polar surface area (TPSA) is 53.8 Å². The summed E-state index contributed by atoms with van der Waals surface area (Å²) in [6.07, 6.45) is 3.53. The van der Waals surface area contributed by atoms with Crippen molar-refractivity contribution in [2.45, 2.75) is 24.8 Å². The Hall–Kier alpha value is -0.950. The second kappa shape index (κ2) is 5.58. The standard InChI is InChI=1S/C13H22N4O2/c1-15-5-6-19-13-10-16(9-12(13)15)7-11(18)8-17-4-2-3-14-17/h2-4,11-13,18H,5-10H2,1H3. The summed E-state index contributed by atoms with van der Waals surface area (Å²) < 4.78 is 7.58. The van der Waals surface area contributed by atoms with Crippen LogP contribution in [-0.2, 0) is 11.3 Å². The number of hydrogen-bond donors (Lipinski definition) is 1. The second-order valence-electron chi connectivity index (χ2n) is 5.56. The summed E-state index contributed by atoms with van der Waals surface area (Å²) >= 11 is 0. The lowest BCUT2D eigenvalue weighted by atomic mass is 10.1. The number of nitrogens with zero attached hydrogens (tertiary/aromatic N) is 4. The fourth-order valence-corrected chi connectivity index (χ4v) is 3.06. The Bertz CT molecular complexity index is 397. The summed E-state index contributed by atoms with van der Waals surface area (Å²) in [5.74, 6) is 0. The van der Waals surface area contributed by atoms with Crippen molar-refractivity contribution >= 4 is 0 Å². The van der Waals surface area contributed by atoms with Crippen LogP contribution in [0.3, 0.4) is 0 Å². The van der Waals surface area contributed by atoms with Gasteiger partial charge in [-0.05, 0) is 13.1 Å². The average molecular weight is 266 g/mol. The molecule has 2 fully saturated rings. The summed E-state index contributed by atoms with van der Waals surface area (Å²) in [6.45, 7) is 4.97. The molecule has 0 saturated carbocycles. The van der Waals surface area contributed by atoms with Gasteiger partial charge < -0.3 is 9.84 Å². The Balaban J connectivity index is 1.51. The first-order valence-corrected chi connectivity index (χ1v) is 6.92. The highest BCUT2D eigenvalue weighted by molar-refractivity contribution is 4.93. The fraction of sp³-hybridized carbons (Fsp3) is 0.769. The normalized spacial score (nSPS) is 30.4. The van der Waals surface area contributed by atoms with Crippen LogP contribution >= 0.6 is 0 Å². The third-order valence-corrected chi connectivity index (χ3v) is 4.08. The lowest BCUT2D eigenvalue weighted by Crippen LogP contribution is -2.48. The van der Waals surface area contributed by atoms with E-state index in [0.29, 0.717) is 25.2 Å². The smallest absolute Gasteiger partial charge is 0.0869 e. The molecule has 1 aromatic heterocycles. The number of ether oxygens (including phenoxy) is 1. The molecule has 6 heteroatoms. The Morgan fingerprint density at radius 3 is 3.05 bits per heavy atom. The van der Waals surface area contributed by atoms with Crippen molar-refractivity contribution in [3.8, 4) is 0 Å². The minimum Gasteiger partial charge on any atom is -0.390 e. The molecule has 0 radical (unpaired) electrons. The number of aromatic nitrogens is 2. The monoisotopic (exact) mass is 266 g/mol. The molecule has 0 amide bonds. The second-order valence-corrected chi connectivity index (χ2v) is 5.56. The number of likely N-dealkylation sites (N-methyl/N-ethyl adjacent to an activating group) is 1. The lowest BCUT2D eigenvalue weighted by molar-refractivity contribution is -0.0371. The van der Waals surface area contributed by atoms with Crippen LogP contribution in [0, 0.1) is 0 Å². The molecule has 3 rings (SSSR count). The zero-order valence-corrected chi connectivity index (χ0v) is 11.4. The zero-order valence-electron chi connectivity index (χ0n) is 11.4. The number of aliphatic hydroxyl groups is 1. The van der Waals surface area contributed by atoms with E-state index in [1.807, 2.05) is 12.3 Å². The minimum atomic E-state index is -0.384. The van der Waals surface area contributed by atoms with Gasteiger partial charge in [-0.25, -0.2) is 0 Å². The highest BCUT2D eigenvalue weighted by atomic mass is 16.5. The largest absolute Gasteiger partial charge is 0.390 e. The van der Waals surface area contributed by atoms with Gasteiger partial charge in [0, 0.05) is 44.6 Å². The van der Waals surface area contributed by atoms with Crippen molar-refractivity contribution in [1.29, 1.82) is 0 Å². The van der Waals surface area contributed by atoms with E-state index in [-0.39, 0.29) is 6.10 Å². The summed E-state index contributed by atoms with van der Waals surface area (Å²) in [4.78, 5) is 4.67. The van der Waals surface area contributed by atoms with Gasteiger partial charge in [-0.1, -0.05) is 0 Å². The van der Waals surface area contributed by atoms with E-state index in [4.69, 9.17) is 4.74 Å². The van der Waals surface area contributed by atoms with Gasteiger partial charge in [0.1, 0.15) is 0 Å². The number of likely N-dealkylation sites (tertiary alicyclic amines) is 1. The first-order valence-electron chi connectivity index (χ1n) is 6.92. The first-order chi connectivity index (χ1) is 9.22. The predicted molar refractivity (Wildman–Crippen MR) is 70.8 cm³/mol. The molecule has 1 N–H and O–H groups in total. The van der Waals surface area contributed by atoms with Gasteiger partial charge in [0.25, 0.3) is 0 Å². The maximum absolute atomic E-state index is 10.1.